The molecule has 1 aromatic carbocycles. The van der Waals surface area contributed by atoms with E-state index in [1.165, 1.54) is 12.1 Å². The maximum atomic E-state index is 13.0. The Bertz CT molecular complexity index is 414. The Morgan fingerprint density at radius 2 is 2.40 bits per heavy atom. The van der Waals surface area contributed by atoms with Gasteiger partial charge in [0.15, 0.2) is 0 Å². The molecule has 0 aliphatic rings. The highest BCUT2D eigenvalue weighted by molar-refractivity contribution is 9.10. The van der Waals surface area contributed by atoms with Gasteiger partial charge in [0.1, 0.15) is 12.4 Å². The molecule has 1 rings (SSSR count). The normalized spacial score (nSPS) is 9.40. The van der Waals surface area contributed by atoms with E-state index >= 15 is 0 Å². The molecule has 0 heterocycles. The third-order valence-electron chi connectivity index (χ3n) is 1.50. The van der Waals surface area contributed by atoms with Crippen molar-refractivity contribution in [1.82, 2.24) is 5.48 Å². The minimum absolute atomic E-state index is 0.0370. The molecule has 0 atom stereocenters. The molecule has 0 aliphatic heterocycles. The molecule has 1 amide bonds. The van der Waals surface area contributed by atoms with Gasteiger partial charge < -0.3 is 0 Å². The molecule has 0 radical (unpaired) electrons. The van der Waals surface area contributed by atoms with Gasteiger partial charge in [-0.05, 0) is 34.1 Å². The highest BCUT2D eigenvalue weighted by Gasteiger charge is 2.07. The number of hydrogen-bond acceptors (Lipinski definition) is 2. The Morgan fingerprint density at radius 1 is 1.67 bits per heavy atom. The molecule has 0 bridgehead atoms. The number of benzene rings is 1. The van der Waals surface area contributed by atoms with Gasteiger partial charge in [0.2, 0.25) is 0 Å². The van der Waals surface area contributed by atoms with E-state index < -0.39 is 11.7 Å². The predicted octanol–water partition coefficient (Wildman–Crippen LogP) is 1.88. The van der Waals surface area contributed by atoms with Gasteiger partial charge in [0, 0.05) is 5.56 Å². The number of terminal acetylenes is 1. The van der Waals surface area contributed by atoms with Crippen molar-refractivity contribution in [1.29, 1.82) is 0 Å². The number of hydroxylamine groups is 1. The van der Waals surface area contributed by atoms with Gasteiger partial charge in [-0.15, -0.1) is 6.42 Å². The third-order valence-corrected chi connectivity index (χ3v) is 2.15. The van der Waals surface area contributed by atoms with Crippen molar-refractivity contribution in [3.63, 3.8) is 0 Å². The van der Waals surface area contributed by atoms with Crippen molar-refractivity contribution < 1.29 is 14.0 Å². The lowest BCUT2D eigenvalue weighted by molar-refractivity contribution is 0.0438. The molecule has 1 N–H and O–H groups in total. The van der Waals surface area contributed by atoms with E-state index in [0.717, 1.165) is 6.07 Å². The Labute approximate surface area is 94.7 Å². The number of nitrogens with one attached hydrogen (secondary N) is 1. The summed E-state index contributed by atoms with van der Waals surface area (Å²) in [5.41, 5.74) is 2.24. The zero-order valence-corrected chi connectivity index (χ0v) is 9.17. The van der Waals surface area contributed by atoms with E-state index in [4.69, 9.17) is 6.42 Å². The fourth-order valence-corrected chi connectivity index (χ4v) is 1.09. The summed E-state index contributed by atoms with van der Waals surface area (Å²) in [5, 5.41) is 0. The zero-order valence-electron chi connectivity index (χ0n) is 7.59. The van der Waals surface area contributed by atoms with Crippen molar-refractivity contribution in [2.45, 2.75) is 0 Å². The first kappa shape index (κ1) is 11.7. The van der Waals surface area contributed by atoms with E-state index in [0.29, 0.717) is 4.47 Å². The van der Waals surface area contributed by atoms with Crippen LogP contribution < -0.4 is 5.48 Å². The number of rotatable bonds is 3. The molecule has 78 valence electrons. The molecule has 5 heteroatoms. The van der Waals surface area contributed by atoms with Gasteiger partial charge in [-0.25, -0.2) is 9.87 Å². The first-order valence-corrected chi connectivity index (χ1v) is 4.75. The monoisotopic (exact) mass is 271 g/mol. The van der Waals surface area contributed by atoms with Crippen molar-refractivity contribution >= 4 is 21.8 Å². The van der Waals surface area contributed by atoms with Crippen LogP contribution in [0, 0.1) is 18.2 Å². The van der Waals surface area contributed by atoms with Gasteiger partial charge in [0.05, 0.1) is 4.47 Å². The quantitative estimate of drug-likeness (QED) is 0.518. The fraction of sp³-hybridized carbons (Fsp3) is 0.100. The van der Waals surface area contributed by atoms with Crippen molar-refractivity contribution in [2.75, 3.05) is 6.61 Å². The lowest BCUT2D eigenvalue weighted by Crippen LogP contribution is -2.23. The Morgan fingerprint density at radius 3 is 3.00 bits per heavy atom. The number of halogens is 2. The molecule has 15 heavy (non-hydrogen) atoms. The molecule has 0 fully saturated rings. The van der Waals surface area contributed by atoms with Crippen molar-refractivity contribution in [3.8, 4) is 12.3 Å². The lowest BCUT2D eigenvalue weighted by Gasteiger charge is -2.03. The number of hydrogen-bond donors (Lipinski definition) is 1. The molecular weight excluding hydrogens is 265 g/mol. The number of amides is 1. The average Bonchev–Trinajstić information content (AvgIpc) is 2.22. The van der Waals surface area contributed by atoms with Crippen LogP contribution in [-0.2, 0) is 4.84 Å². The van der Waals surface area contributed by atoms with Crippen LogP contribution in [0.2, 0.25) is 0 Å². The Balaban J connectivity index is 2.67. The highest BCUT2D eigenvalue weighted by atomic mass is 79.9. The van der Waals surface area contributed by atoms with Crippen LogP contribution in [0.25, 0.3) is 0 Å². The molecular formula is C10H7BrFNO2. The topological polar surface area (TPSA) is 38.3 Å². The summed E-state index contributed by atoms with van der Waals surface area (Å²) in [6.45, 7) is -0.0370. The number of carbonyl (C=O) groups is 1. The number of carbonyl (C=O) groups excluding carboxylic acids is 1. The summed E-state index contributed by atoms with van der Waals surface area (Å²) in [7, 11) is 0. The van der Waals surface area contributed by atoms with Gasteiger partial charge in [-0.1, -0.05) is 5.92 Å². The summed E-state index contributed by atoms with van der Waals surface area (Å²) in [5.74, 6) is 1.12. The molecule has 0 aromatic heterocycles. The Kier molecular flexibility index (Phi) is 4.28. The SMILES string of the molecule is C#CCONC(=O)c1ccc(Br)c(F)c1. The molecule has 0 saturated carbocycles. The molecule has 0 aliphatic carbocycles. The second-order valence-corrected chi connectivity index (χ2v) is 3.41. The Hall–Kier alpha value is -1.38. The standard InChI is InChI=1S/C10H7BrFNO2/c1-2-5-15-13-10(14)7-3-4-8(11)9(12)6-7/h1,3-4,6H,5H2,(H,13,14). The van der Waals surface area contributed by atoms with Gasteiger partial charge in [-0.3, -0.25) is 9.63 Å². The molecule has 3 nitrogen and oxygen atoms in total. The molecule has 0 spiro atoms. The van der Waals surface area contributed by atoms with Crippen LogP contribution in [0.3, 0.4) is 0 Å². The minimum Gasteiger partial charge on any atom is -0.267 e. The maximum absolute atomic E-state index is 13.0. The van der Waals surface area contributed by atoms with Crippen molar-refractivity contribution in [3.05, 3.63) is 34.1 Å². The third kappa shape index (κ3) is 3.35. The summed E-state index contributed by atoms with van der Waals surface area (Å²) in [6.07, 6.45) is 4.90. The zero-order chi connectivity index (χ0) is 11.3. The highest BCUT2D eigenvalue weighted by Crippen LogP contribution is 2.16. The van der Waals surface area contributed by atoms with E-state index in [9.17, 15) is 9.18 Å². The van der Waals surface area contributed by atoms with E-state index in [2.05, 4.69) is 32.2 Å². The van der Waals surface area contributed by atoms with Crippen LogP contribution in [-0.4, -0.2) is 12.5 Å². The average molecular weight is 272 g/mol. The largest absolute Gasteiger partial charge is 0.274 e. The maximum Gasteiger partial charge on any atom is 0.274 e. The van der Waals surface area contributed by atoms with Gasteiger partial charge >= 0.3 is 0 Å². The molecule has 0 saturated heterocycles. The van der Waals surface area contributed by atoms with E-state index in [-0.39, 0.29) is 12.2 Å². The summed E-state index contributed by atoms with van der Waals surface area (Å²) in [6, 6.07) is 3.99. The van der Waals surface area contributed by atoms with Crippen LogP contribution in [0.15, 0.2) is 22.7 Å². The first-order chi connectivity index (χ1) is 7.15. The fourth-order valence-electron chi connectivity index (χ4n) is 0.840. The van der Waals surface area contributed by atoms with Gasteiger partial charge in [0.25, 0.3) is 5.91 Å². The summed E-state index contributed by atoms with van der Waals surface area (Å²) < 4.78 is 13.3. The smallest absolute Gasteiger partial charge is 0.267 e. The minimum atomic E-state index is -0.545. The lowest BCUT2D eigenvalue weighted by atomic mass is 10.2. The molecule has 1 aromatic rings. The predicted molar refractivity (Wildman–Crippen MR) is 56.4 cm³/mol. The summed E-state index contributed by atoms with van der Waals surface area (Å²) in [4.78, 5) is 15.9. The van der Waals surface area contributed by atoms with Gasteiger partial charge in [-0.2, -0.15) is 0 Å². The van der Waals surface area contributed by atoms with E-state index in [1.54, 1.807) is 0 Å². The second-order valence-electron chi connectivity index (χ2n) is 2.55. The summed E-state index contributed by atoms with van der Waals surface area (Å²) >= 11 is 2.98. The van der Waals surface area contributed by atoms with Crippen LogP contribution in [0.1, 0.15) is 10.4 Å². The molecule has 0 unspecified atom stereocenters. The van der Waals surface area contributed by atoms with Crippen LogP contribution in [0.5, 0.6) is 0 Å². The van der Waals surface area contributed by atoms with E-state index in [1.807, 2.05) is 0 Å². The van der Waals surface area contributed by atoms with Crippen LogP contribution >= 0.6 is 15.9 Å². The van der Waals surface area contributed by atoms with Crippen molar-refractivity contribution in [2.24, 2.45) is 0 Å². The second kappa shape index (κ2) is 5.49. The first-order valence-electron chi connectivity index (χ1n) is 3.96. The van der Waals surface area contributed by atoms with Crippen LogP contribution in [0.4, 0.5) is 4.39 Å².